The maximum absolute atomic E-state index is 12.5. The van der Waals surface area contributed by atoms with Gasteiger partial charge in [0.2, 0.25) is 5.91 Å². The number of hydrogen-bond acceptors (Lipinski definition) is 5. The van der Waals surface area contributed by atoms with Gasteiger partial charge in [0.05, 0.1) is 23.1 Å². The van der Waals surface area contributed by atoms with Crippen molar-refractivity contribution in [3.8, 4) is 11.4 Å². The highest BCUT2D eigenvalue weighted by Crippen LogP contribution is 2.21. The van der Waals surface area contributed by atoms with Crippen molar-refractivity contribution in [1.82, 2.24) is 19.9 Å². The number of para-hydroxylation sites is 1. The molecule has 0 radical (unpaired) electrons. The van der Waals surface area contributed by atoms with E-state index < -0.39 is 0 Å². The normalized spacial score (nSPS) is 12.1. The molecule has 7 heteroatoms. The zero-order valence-electron chi connectivity index (χ0n) is 17.9. The second-order valence-electron chi connectivity index (χ2n) is 7.31. The number of nitrogens with zero attached hydrogens (tertiary/aromatic N) is 3. The summed E-state index contributed by atoms with van der Waals surface area (Å²) in [5.41, 5.74) is 3.79. The van der Waals surface area contributed by atoms with Crippen LogP contribution < -0.4 is 10.1 Å². The molecule has 0 saturated carbocycles. The molecule has 0 aliphatic heterocycles. The summed E-state index contributed by atoms with van der Waals surface area (Å²) in [5.74, 6) is 0.548. The fraction of sp³-hybridized carbons (Fsp3) is 0.160. The maximum Gasteiger partial charge on any atom is 0.244 e. The van der Waals surface area contributed by atoms with Gasteiger partial charge in [-0.25, -0.2) is 9.97 Å². The number of carbonyl (C=O) groups is 1. The van der Waals surface area contributed by atoms with Gasteiger partial charge in [-0.3, -0.25) is 4.79 Å². The van der Waals surface area contributed by atoms with Crippen LogP contribution in [0.5, 0.6) is 5.75 Å². The number of aryl methyl sites for hydroxylation is 1. The predicted octanol–water partition coefficient (Wildman–Crippen LogP) is 5.11. The van der Waals surface area contributed by atoms with Gasteiger partial charge in [-0.1, -0.05) is 30.3 Å². The molecule has 0 unspecified atom stereocenters. The lowest BCUT2D eigenvalue weighted by Crippen LogP contribution is -2.24. The van der Waals surface area contributed by atoms with Gasteiger partial charge in [0, 0.05) is 35.1 Å². The number of imidazole rings is 1. The van der Waals surface area contributed by atoms with Crippen LogP contribution >= 0.6 is 11.3 Å². The summed E-state index contributed by atoms with van der Waals surface area (Å²) in [6.45, 7) is 4.33. The average Bonchev–Trinajstić information content (AvgIpc) is 3.49. The van der Waals surface area contributed by atoms with E-state index in [-0.39, 0.29) is 11.9 Å². The van der Waals surface area contributed by atoms with Gasteiger partial charge < -0.3 is 14.6 Å². The molecular weight excluding hydrogens is 420 g/mol. The Morgan fingerprint density at radius 2 is 2.03 bits per heavy atom. The highest BCUT2D eigenvalue weighted by Gasteiger charge is 2.09. The minimum atomic E-state index is -0.166. The molecule has 0 fully saturated rings. The molecular formula is C25H24N4O2S. The van der Waals surface area contributed by atoms with E-state index in [0.717, 1.165) is 27.5 Å². The van der Waals surface area contributed by atoms with E-state index in [9.17, 15) is 4.79 Å². The van der Waals surface area contributed by atoms with Gasteiger partial charge in [-0.2, -0.15) is 0 Å². The highest BCUT2D eigenvalue weighted by molar-refractivity contribution is 7.09. The average molecular weight is 445 g/mol. The molecule has 0 spiro atoms. The molecule has 2 aromatic carbocycles. The van der Waals surface area contributed by atoms with Crippen molar-refractivity contribution in [1.29, 1.82) is 0 Å². The van der Waals surface area contributed by atoms with Crippen LogP contribution in [0.1, 0.15) is 34.8 Å². The molecule has 0 aliphatic carbocycles. The van der Waals surface area contributed by atoms with E-state index in [1.54, 1.807) is 29.9 Å². The van der Waals surface area contributed by atoms with Gasteiger partial charge in [0.15, 0.2) is 0 Å². The first-order chi connectivity index (χ1) is 15.6. The second-order valence-corrected chi connectivity index (χ2v) is 8.37. The van der Waals surface area contributed by atoms with Crippen molar-refractivity contribution in [2.75, 3.05) is 0 Å². The van der Waals surface area contributed by atoms with E-state index in [4.69, 9.17) is 4.74 Å². The Hall–Kier alpha value is -3.71. The molecule has 0 bridgehead atoms. The lowest BCUT2D eigenvalue weighted by atomic mass is 10.1. The van der Waals surface area contributed by atoms with Crippen molar-refractivity contribution in [3.05, 3.63) is 101 Å². The summed E-state index contributed by atoms with van der Waals surface area (Å²) < 4.78 is 7.85. The third-order valence-corrected chi connectivity index (χ3v) is 5.75. The first kappa shape index (κ1) is 21.5. The van der Waals surface area contributed by atoms with Crippen LogP contribution in [0.25, 0.3) is 11.8 Å². The van der Waals surface area contributed by atoms with Gasteiger partial charge in [0.1, 0.15) is 12.4 Å². The van der Waals surface area contributed by atoms with Crippen molar-refractivity contribution in [3.63, 3.8) is 0 Å². The number of aromatic nitrogens is 3. The summed E-state index contributed by atoms with van der Waals surface area (Å²) >= 11 is 1.60. The minimum Gasteiger partial charge on any atom is -0.487 e. The Morgan fingerprint density at radius 1 is 1.22 bits per heavy atom. The summed E-state index contributed by atoms with van der Waals surface area (Å²) in [4.78, 5) is 21.0. The molecule has 0 saturated heterocycles. The van der Waals surface area contributed by atoms with Crippen molar-refractivity contribution >= 4 is 23.3 Å². The molecule has 4 rings (SSSR count). The first-order valence-electron chi connectivity index (χ1n) is 10.3. The van der Waals surface area contributed by atoms with Gasteiger partial charge in [-0.15, -0.1) is 11.3 Å². The molecule has 4 aromatic rings. The van der Waals surface area contributed by atoms with Gasteiger partial charge in [-0.05, 0) is 43.7 Å². The molecule has 162 valence electrons. The number of rotatable bonds is 8. The smallest absolute Gasteiger partial charge is 0.244 e. The van der Waals surface area contributed by atoms with Crippen LogP contribution in [0.3, 0.4) is 0 Å². The van der Waals surface area contributed by atoms with E-state index in [1.165, 1.54) is 6.08 Å². The molecule has 2 heterocycles. The Bertz CT molecular complexity index is 1200. The van der Waals surface area contributed by atoms with E-state index in [1.807, 2.05) is 78.5 Å². The molecule has 1 atom stereocenters. The van der Waals surface area contributed by atoms with Crippen LogP contribution in [0.15, 0.2) is 78.7 Å². The molecule has 0 aliphatic rings. The quantitative estimate of drug-likeness (QED) is 0.384. The number of benzene rings is 2. The van der Waals surface area contributed by atoms with Crippen LogP contribution in [0.4, 0.5) is 0 Å². The van der Waals surface area contributed by atoms with Crippen LogP contribution in [-0.4, -0.2) is 20.4 Å². The van der Waals surface area contributed by atoms with E-state index in [0.29, 0.717) is 12.4 Å². The first-order valence-corrected chi connectivity index (χ1v) is 11.2. The minimum absolute atomic E-state index is 0.122. The number of hydrogen-bond donors (Lipinski definition) is 1. The number of amides is 1. The van der Waals surface area contributed by atoms with E-state index >= 15 is 0 Å². The largest absolute Gasteiger partial charge is 0.487 e. The van der Waals surface area contributed by atoms with E-state index in [2.05, 4.69) is 15.3 Å². The Kier molecular flexibility index (Phi) is 6.77. The summed E-state index contributed by atoms with van der Waals surface area (Å²) in [6.07, 6.45) is 8.69. The van der Waals surface area contributed by atoms with Gasteiger partial charge >= 0.3 is 0 Å². The molecule has 32 heavy (non-hydrogen) atoms. The maximum atomic E-state index is 12.5. The zero-order chi connectivity index (χ0) is 22.3. The lowest BCUT2D eigenvalue weighted by molar-refractivity contribution is -0.117. The SMILES string of the molecule is Cc1nc(COc2ccccc2/C=C/C(=O)N[C@@H](C)c2ccc(-n3ccnc3)cc2)cs1. The third kappa shape index (κ3) is 5.50. The lowest BCUT2D eigenvalue weighted by Gasteiger charge is -2.14. The fourth-order valence-corrected chi connectivity index (χ4v) is 3.83. The number of thiazole rings is 1. The number of ether oxygens (including phenoxy) is 1. The Labute approximate surface area is 191 Å². The van der Waals surface area contributed by atoms with Crippen LogP contribution in [0.2, 0.25) is 0 Å². The standard InChI is InChI=1S/C25H24N4O2S/c1-18(20-7-10-23(11-8-20)29-14-13-26-17-29)27-25(30)12-9-21-5-3-4-6-24(21)31-15-22-16-32-19(2)28-22/h3-14,16-18H,15H2,1-2H3,(H,27,30)/b12-9+/t18-/m0/s1. The summed E-state index contributed by atoms with van der Waals surface area (Å²) in [6, 6.07) is 15.5. The molecule has 1 N–H and O–H groups in total. The van der Waals surface area contributed by atoms with Crippen molar-refractivity contribution < 1.29 is 9.53 Å². The molecule has 6 nitrogen and oxygen atoms in total. The molecule has 1 amide bonds. The number of carbonyl (C=O) groups excluding carboxylic acids is 1. The zero-order valence-corrected chi connectivity index (χ0v) is 18.8. The monoisotopic (exact) mass is 444 g/mol. The summed E-state index contributed by atoms with van der Waals surface area (Å²) in [7, 11) is 0. The summed E-state index contributed by atoms with van der Waals surface area (Å²) in [5, 5.41) is 6.01. The Morgan fingerprint density at radius 3 is 2.75 bits per heavy atom. The molecule has 2 aromatic heterocycles. The topological polar surface area (TPSA) is 69.0 Å². The fourth-order valence-electron chi connectivity index (χ4n) is 3.23. The van der Waals surface area contributed by atoms with Crippen LogP contribution in [-0.2, 0) is 11.4 Å². The van der Waals surface area contributed by atoms with Gasteiger partial charge in [0.25, 0.3) is 0 Å². The van der Waals surface area contributed by atoms with Crippen LogP contribution in [0, 0.1) is 6.92 Å². The van der Waals surface area contributed by atoms with Crippen molar-refractivity contribution in [2.45, 2.75) is 26.5 Å². The number of nitrogens with one attached hydrogen (secondary N) is 1. The highest BCUT2D eigenvalue weighted by atomic mass is 32.1. The second kappa shape index (κ2) is 10.1. The van der Waals surface area contributed by atoms with Crippen molar-refractivity contribution in [2.24, 2.45) is 0 Å². The Balaban J connectivity index is 1.36. The predicted molar refractivity (Wildman–Crippen MR) is 127 cm³/mol. The third-order valence-electron chi connectivity index (χ3n) is 4.93.